The van der Waals surface area contributed by atoms with Gasteiger partial charge in [-0.2, -0.15) is 0 Å². The van der Waals surface area contributed by atoms with Crippen molar-refractivity contribution in [2.75, 3.05) is 0 Å². The lowest BCUT2D eigenvalue weighted by atomic mass is 10.1. The van der Waals surface area contributed by atoms with Crippen LogP contribution in [0.4, 0.5) is 8.78 Å². The Kier molecular flexibility index (Phi) is 2.60. The fourth-order valence-electron chi connectivity index (χ4n) is 0.819. The van der Waals surface area contributed by atoms with Crippen molar-refractivity contribution < 1.29 is 8.78 Å². The Hall–Kier alpha value is -0.440. The Bertz CT molecular complexity index is 258. The van der Waals surface area contributed by atoms with Crippen molar-refractivity contribution in [1.82, 2.24) is 0 Å². The molecule has 1 unspecified atom stereocenters. The minimum Gasteiger partial charge on any atom is -0.207 e. The van der Waals surface area contributed by atoms with Crippen LogP contribution in [0.5, 0.6) is 0 Å². The van der Waals surface area contributed by atoms with E-state index in [0.717, 1.165) is 12.1 Å². The molecule has 0 saturated heterocycles. The lowest BCUT2D eigenvalue weighted by molar-refractivity contribution is 0.586. The maximum Gasteiger partial charge on any atom is 0.127 e. The van der Waals surface area contributed by atoms with E-state index in [4.69, 9.17) is 0 Å². The first kappa shape index (κ1) is 8.65. The summed E-state index contributed by atoms with van der Waals surface area (Å²) < 4.78 is 25.3. The summed E-state index contributed by atoms with van der Waals surface area (Å²) in [5, 5.41) is 0. The molecule has 0 nitrogen and oxygen atoms in total. The Morgan fingerprint density at radius 3 is 2.45 bits per heavy atom. The van der Waals surface area contributed by atoms with Crippen LogP contribution in [0, 0.1) is 11.6 Å². The number of alkyl halides is 1. The summed E-state index contributed by atoms with van der Waals surface area (Å²) in [7, 11) is 0. The summed E-state index contributed by atoms with van der Waals surface area (Å²) in [5.41, 5.74) is 0.352. The van der Waals surface area contributed by atoms with Gasteiger partial charge in [-0.15, -0.1) is 0 Å². The van der Waals surface area contributed by atoms with Crippen molar-refractivity contribution in [2.45, 2.75) is 11.8 Å². The molecule has 3 heteroatoms. The largest absolute Gasteiger partial charge is 0.207 e. The number of rotatable bonds is 1. The molecule has 1 rings (SSSR count). The highest BCUT2D eigenvalue weighted by molar-refractivity contribution is 9.09. The second-order valence-corrected chi connectivity index (χ2v) is 3.66. The molecule has 0 fully saturated rings. The smallest absolute Gasteiger partial charge is 0.127 e. The van der Waals surface area contributed by atoms with E-state index in [9.17, 15) is 8.78 Å². The van der Waals surface area contributed by atoms with Crippen LogP contribution in [0.3, 0.4) is 0 Å². The van der Waals surface area contributed by atoms with Gasteiger partial charge in [0, 0.05) is 10.4 Å². The fraction of sp³-hybridized carbons (Fsp3) is 0.250. The quantitative estimate of drug-likeness (QED) is 0.637. The van der Waals surface area contributed by atoms with Gasteiger partial charge in [0.2, 0.25) is 0 Å². The molecule has 0 aliphatic heterocycles. The molecule has 0 bridgehead atoms. The van der Waals surface area contributed by atoms with E-state index in [1.54, 1.807) is 6.92 Å². The predicted octanol–water partition coefficient (Wildman–Crippen LogP) is 3.42. The molecule has 0 saturated carbocycles. The van der Waals surface area contributed by atoms with Crippen molar-refractivity contribution >= 4 is 15.9 Å². The maximum atomic E-state index is 12.8. The molecule has 11 heavy (non-hydrogen) atoms. The standard InChI is InChI=1S/C8H7BrF2/c1-5(9)7-4-6(10)2-3-8(7)11/h2-5H,1H3. The second-order valence-electron chi connectivity index (χ2n) is 2.28. The molecular weight excluding hydrogens is 214 g/mol. The summed E-state index contributed by atoms with van der Waals surface area (Å²) >= 11 is 3.16. The van der Waals surface area contributed by atoms with E-state index in [1.807, 2.05) is 0 Å². The van der Waals surface area contributed by atoms with Crippen molar-refractivity contribution in [1.29, 1.82) is 0 Å². The number of hydrogen-bond donors (Lipinski definition) is 0. The van der Waals surface area contributed by atoms with Crippen LogP contribution in [0.1, 0.15) is 17.3 Å². The van der Waals surface area contributed by atoms with Crippen LogP contribution >= 0.6 is 15.9 Å². The first-order valence-corrected chi connectivity index (χ1v) is 4.12. The zero-order chi connectivity index (χ0) is 8.43. The van der Waals surface area contributed by atoms with Gasteiger partial charge in [0.15, 0.2) is 0 Å². The average Bonchev–Trinajstić information content (AvgIpc) is 1.94. The van der Waals surface area contributed by atoms with Crippen LogP contribution in [0.2, 0.25) is 0 Å². The third kappa shape index (κ3) is 1.99. The lowest BCUT2D eigenvalue weighted by Gasteiger charge is -2.04. The van der Waals surface area contributed by atoms with Gasteiger partial charge >= 0.3 is 0 Å². The Morgan fingerprint density at radius 1 is 1.36 bits per heavy atom. The van der Waals surface area contributed by atoms with Crippen molar-refractivity contribution in [3.8, 4) is 0 Å². The Morgan fingerprint density at radius 2 is 2.00 bits per heavy atom. The fourth-order valence-corrected chi connectivity index (χ4v) is 1.17. The predicted molar refractivity (Wildman–Crippen MR) is 43.7 cm³/mol. The third-order valence-electron chi connectivity index (χ3n) is 1.39. The molecule has 0 amide bonds. The highest BCUT2D eigenvalue weighted by Gasteiger charge is 2.07. The SMILES string of the molecule is CC(Br)c1cc(F)ccc1F. The summed E-state index contributed by atoms with van der Waals surface area (Å²) in [6.45, 7) is 1.75. The topological polar surface area (TPSA) is 0 Å². The highest BCUT2D eigenvalue weighted by atomic mass is 79.9. The van der Waals surface area contributed by atoms with E-state index in [0.29, 0.717) is 5.56 Å². The van der Waals surface area contributed by atoms with Gasteiger partial charge in [-0.25, -0.2) is 8.78 Å². The zero-order valence-corrected chi connectivity index (χ0v) is 7.53. The van der Waals surface area contributed by atoms with Crippen LogP contribution in [-0.2, 0) is 0 Å². The normalized spacial score (nSPS) is 13.1. The van der Waals surface area contributed by atoms with E-state index < -0.39 is 5.82 Å². The van der Waals surface area contributed by atoms with Crippen molar-refractivity contribution in [3.05, 3.63) is 35.4 Å². The molecule has 0 spiro atoms. The maximum absolute atomic E-state index is 12.8. The summed E-state index contributed by atoms with van der Waals surface area (Å²) in [6, 6.07) is 3.42. The van der Waals surface area contributed by atoms with Gasteiger partial charge in [0.25, 0.3) is 0 Å². The number of halogens is 3. The van der Waals surface area contributed by atoms with Gasteiger partial charge in [-0.05, 0) is 25.1 Å². The first-order valence-electron chi connectivity index (χ1n) is 3.20. The van der Waals surface area contributed by atoms with E-state index in [-0.39, 0.29) is 10.6 Å². The summed E-state index contributed by atoms with van der Waals surface area (Å²) in [4.78, 5) is -0.154. The van der Waals surface area contributed by atoms with Crippen LogP contribution < -0.4 is 0 Å². The average molecular weight is 221 g/mol. The second kappa shape index (κ2) is 3.30. The molecule has 60 valence electrons. The van der Waals surface area contributed by atoms with Crippen molar-refractivity contribution in [2.24, 2.45) is 0 Å². The van der Waals surface area contributed by atoms with Gasteiger partial charge in [-0.3, -0.25) is 0 Å². The summed E-state index contributed by atoms with van der Waals surface area (Å²) in [5.74, 6) is -0.788. The minimum absolute atomic E-state index is 0.154. The molecule has 0 heterocycles. The molecular formula is C8H7BrF2. The van der Waals surface area contributed by atoms with Crippen LogP contribution in [0.25, 0.3) is 0 Å². The lowest BCUT2D eigenvalue weighted by Crippen LogP contribution is -1.90. The number of hydrogen-bond acceptors (Lipinski definition) is 0. The third-order valence-corrected chi connectivity index (χ3v) is 1.88. The zero-order valence-electron chi connectivity index (χ0n) is 5.94. The van der Waals surface area contributed by atoms with Gasteiger partial charge in [-0.1, -0.05) is 15.9 Å². The minimum atomic E-state index is -0.410. The van der Waals surface area contributed by atoms with Crippen LogP contribution in [-0.4, -0.2) is 0 Å². The van der Waals surface area contributed by atoms with E-state index in [2.05, 4.69) is 15.9 Å². The molecule has 0 N–H and O–H groups in total. The van der Waals surface area contributed by atoms with Gasteiger partial charge < -0.3 is 0 Å². The summed E-state index contributed by atoms with van der Waals surface area (Å²) in [6.07, 6.45) is 0. The highest BCUT2D eigenvalue weighted by Crippen LogP contribution is 2.24. The molecule has 0 aliphatic carbocycles. The first-order chi connectivity index (χ1) is 5.11. The molecule has 1 aromatic rings. The molecule has 0 aliphatic rings. The molecule has 0 radical (unpaired) electrons. The molecule has 0 aromatic heterocycles. The monoisotopic (exact) mass is 220 g/mol. The number of benzene rings is 1. The van der Waals surface area contributed by atoms with E-state index in [1.165, 1.54) is 6.07 Å². The molecule has 1 aromatic carbocycles. The van der Waals surface area contributed by atoms with Crippen LogP contribution in [0.15, 0.2) is 18.2 Å². The Labute approximate surface area is 72.4 Å². The van der Waals surface area contributed by atoms with Gasteiger partial charge in [0.05, 0.1) is 0 Å². The Balaban J connectivity index is 3.13. The van der Waals surface area contributed by atoms with Crippen molar-refractivity contribution in [3.63, 3.8) is 0 Å². The molecule has 1 atom stereocenters. The van der Waals surface area contributed by atoms with E-state index >= 15 is 0 Å². The van der Waals surface area contributed by atoms with Gasteiger partial charge in [0.1, 0.15) is 11.6 Å².